The number of carbonyl (C=O) groups excluding carboxylic acids is 1. The van der Waals surface area contributed by atoms with E-state index in [9.17, 15) is 4.79 Å². The van der Waals surface area contributed by atoms with E-state index in [-0.39, 0.29) is 18.1 Å². The van der Waals surface area contributed by atoms with Crippen LogP contribution in [0.15, 0.2) is 18.7 Å². The third-order valence-electron chi connectivity index (χ3n) is 7.84. The zero-order chi connectivity index (χ0) is 22.2. The van der Waals surface area contributed by atoms with E-state index in [4.69, 9.17) is 4.74 Å². The van der Waals surface area contributed by atoms with Crippen molar-refractivity contribution in [2.24, 2.45) is 17.8 Å². The van der Waals surface area contributed by atoms with Gasteiger partial charge in [0.1, 0.15) is 6.29 Å². The van der Waals surface area contributed by atoms with Gasteiger partial charge in [-0.15, -0.1) is 0 Å². The third-order valence-corrected chi connectivity index (χ3v) is 7.84. The number of nitrogens with zero attached hydrogens (tertiary/aromatic N) is 2. The van der Waals surface area contributed by atoms with E-state index in [0.717, 1.165) is 70.1 Å². The Morgan fingerprint density at radius 1 is 1.06 bits per heavy atom. The van der Waals surface area contributed by atoms with Crippen LogP contribution in [0.4, 0.5) is 0 Å². The quantitative estimate of drug-likeness (QED) is 0.433. The molecule has 0 bridgehead atoms. The van der Waals surface area contributed by atoms with Crippen molar-refractivity contribution in [3.8, 4) is 0 Å². The molecule has 2 heterocycles. The minimum atomic E-state index is 0.167. The predicted molar refractivity (Wildman–Crippen MR) is 125 cm³/mol. The van der Waals surface area contributed by atoms with Crippen molar-refractivity contribution >= 4 is 5.91 Å². The van der Waals surface area contributed by atoms with E-state index in [1.54, 1.807) is 6.20 Å². The smallest absolute Gasteiger partial charge is 0.223 e. The molecule has 4 N–H and O–H groups in total. The number of rotatable bonds is 9. The first-order chi connectivity index (χ1) is 15.7. The van der Waals surface area contributed by atoms with Crippen molar-refractivity contribution in [3.05, 3.63) is 18.7 Å². The molecule has 0 spiro atoms. The lowest BCUT2D eigenvalue weighted by atomic mass is 9.78. The first-order valence-electron chi connectivity index (χ1n) is 12.7. The first kappa shape index (κ1) is 23.7. The number of ether oxygens (including phenoxy) is 1. The average Bonchev–Trinajstić information content (AvgIpc) is 3.36. The molecule has 2 aliphatic carbocycles. The van der Waals surface area contributed by atoms with Crippen molar-refractivity contribution in [1.82, 2.24) is 30.8 Å². The van der Waals surface area contributed by atoms with Gasteiger partial charge in [-0.1, -0.05) is 0 Å². The van der Waals surface area contributed by atoms with Gasteiger partial charge >= 0.3 is 0 Å². The van der Waals surface area contributed by atoms with Crippen molar-refractivity contribution in [2.75, 3.05) is 26.7 Å². The van der Waals surface area contributed by atoms with Crippen LogP contribution in [0.1, 0.15) is 57.8 Å². The molecule has 1 aliphatic heterocycles. The molecular formula is C24H42N6O2. The number of aromatic nitrogens is 2. The standard InChI is InChI=1S/C24H42N6O2/c1-32-22-9-5-18(6-10-22)20-15-27-24(28-16-20)29-21-7-3-19(4-8-21)23(31)26-11-2-13-30-14-12-25-17-30/h12,14,17-22,24,27-29H,2-11,13,15-16H2,1H3,(H,26,31). The summed E-state index contributed by atoms with van der Waals surface area (Å²) in [6.45, 7) is 3.81. The van der Waals surface area contributed by atoms with Gasteiger partial charge in [0.25, 0.3) is 0 Å². The molecule has 0 aromatic carbocycles. The van der Waals surface area contributed by atoms with Crippen LogP contribution in [0, 0.1) is 17.8 Å². The Balaban J connectivity index is 1.07. The molecule has 3 fully saturated rings. The van der Waals surface area contributed by atoms with Gasteiger partial charge in [0.2, 0.25) is 5.91 Å². The van der Waals surface area contributed by atoms with Gasteiger partial charge in [-0.05, 0) is 69.6 Å². The maximum absolute atomic E-state index is 12.5. The lowest BCUT2D eigenvalue weighted by molar-refractivity contribution is -0.126. The number of hydrogen-bond acceptors (Lipinski definition) is 6. The van der Waals surface area contributed by atoms with Crippen LogP contribution < -0.4 is 21.3 Å². The molecule has 1 saturated heterocycles. The summed E-state index contributed by atoms with van der Waals surface area (Å²) in [5.74, 6) is 1.93. The summed E-state index contributed by atoms with van der Waals surface area (Å²) in [6, 6.07) is 0.485. The Morgan fingerprint density at radius 2 is 1.81 bits per heavy atom. The summed E-state index contributed by atoms with van der Waals surface area (Å²) >= 11 is 0. The number of carbonyl (C=O) groups is 1. The fourth-order valence-corrected chi connectivity index (χ4v) is 5.72. The highest BCUT2D eigenvalue weighted by atomic mass is 16.5. The van der Waals surface area contributed by atoms with Crippen molar-refractivity contribution < 1.29 is 9.53 Å². The van der Waals surface area contributed by atoms with Crippen LogP contribution in [0.2, 0.25) is 0 Å². The summed E-state index contributed by atoms with van der Waals surface area (Å²) in [5.41, 5.74) is 0. The highest BCUT2D eigenvalue weighted by Gasteiger charge is 2.32. The molecule has 1 aromatic rings. The Kier molecular flexibility index (Phi) is 8.96. The number of methoxy groups -OCH3 is 1. The van der Waals surface area contributed by atoms with E-state index in [1.807, 2.05) is 24.2 Å². The van der Waals surface area contributed by atoms with Crippen molar-refractivity contribution in [1.29, 1.82) is 0 Å². The number of hydrogen-bond donors (Lipinski definition) is 4. The van der Waals surface area contributed by atoms with Crippen molar-refractivity contribution in [3.63, 3.8) is 0 Å². The molecule has 3 aliphatic rings. The van der Waals surface area contributed by atoms with Crippen LogP contribution in [-0.2, 0) is 16.1 Å². The average molecular weight is 447 g/mol. The van der Waals surface area contributed by atoms with Crippen LogP contribution >= 0.6 is 0 Å². The van der Waals surface area contributed by atoms with Gasteiger partial charge in [0.05, 0.1) is 12.4 Å². The summed E-state index contributed by atoms with van der Waals surface area (Å²) in [6.07, 6.45) is 16.3. The summed E-state index contributed by atoms with van der Waals surface area (Å²) in [5, 5.41) is 14.2. The Morgan fingerprint density at radius 3 is 2.47 bits per heavy atom. The van der Waals surface area contributed by atoms with E-state index in [1.165, 1.54) is 25.7 Å². The number of aryl methyl sites for hydroxylation is 1. The number of imidazole rings is 1. The first-order valence-corrected chi connectivity index (χ1v) is 12.7. The number of amides is 1. The van der Waals surface area contributed by atoms with Gasteiger partial charge in [-0.3, -0.25) is 20.7 Å². The minimum Gasteiger partial charge on any atom is -0.381 e. The Labute approximate surface area is 192 Å². The molecule has 8 nitrogen and oxygen atoms in total. The highest BCUT2D eigenvalue weighted by Crippen LogP contribution is 2.32. The van der Waals surface area contributed by atoms with E-state index in [2.05, 4.69) is 26.3 Å². The minimum absolute atomic E-state index is 0.167. The Bertz CT molecular complexity index is 660. The second-order valence-electron chi connectivity index (χ2n) is 9.94. The van der Waals surface area contributed by atoms with Crippen LogP contribution in [0.3, 0.4) is 0 Å². The lowest BCUT2D eigenvalue weighted by Gasteiger charge is -2.40. The predicted octanol–water partition coefficient (Wildman–Crippen LogP) is 1.84. The maximum atomic E-state index is 12.5. The second-order valence-corrected chi connectivity index (χ2v) is 9.94. The van der Waals surface area contributed by atoms with Crippen LogP contribution in [-0.4, -0.2) is 60.6 Å². The van der Waals surface area contributed by atoms with Gasteiger partial charge in [0.15, 0.2) is 0 Å². The molecule has 1 amide bonds. The molecular weight excluding hydrogens is 404 g/mol. The van der Waals surface area contributed by atoms with Crippen molar-refractivity contribution in [2.45, 2.75) is 82.8 Å². The lowest BCUT2D eigenvalue weighted by Crippen LogP contribution is -2.63. The number of nitrogens with one attached hydrogen (secondary N) is 4. The van der Waals surface area contributed by atoms with E-state index in [0.29, 0.717) is 12.1 Å². The Hall–Kier alpha value is -1.48. The fourth-order valence-electron chi connectivity index (χ4n) is 5.72. The van der Waals surface area contributed by atoms with Crippen LogP contribution in [0.25, 0.3) is 0 Å². The molecule has 4 rings (SSSR count). The molecule has 2 saturated carbocycles. The van der Waals surface area contributed by atoms with Gasteiger partial charge in [-0.25, -0.2) is 4.98 Å². The van der Waals surface area contributed by atoms with E-state index >= 15 is 0 Å². The molecule has 180 valence electrons. The maximum Gasteiger partial charge on any atom is 0.223 e. The summed E-state index contributed by atoms with van der Waals surface area (Å²) in [7, 11) is 1.84. The molecule has 0 unspecified atom stereocenters. The third kappa shape index (κ3) is 6.76. The highest BCUT2D eigenvalue weighted by molar-refractivity contribution is 5.78. The second kappa shape index (κ2) is 12.1. The van der Waals surface area contributed by atoms with Gasteiger partial charge < -0.3 is 14.6 Å². The van der Waals surface area contributed by atoms with Gasteiger partial charge in [-0.2, -0.15) is 0 Å². The SMILES string of the molecule is COC1CCC(C2CNC(NC3CCC(C(=O)NCCCn4ccnc4)CC3)NC2)CC1. The zero-order valence-corrected chi connectivity index (χ0v) is 19.6. The normalized spacial score (nSPS) is 33.7. The summed E-state index contributed by atoms with van der Waals surface area (Å²) in [4.78, 5) is 16.5. The monoisotopic (exact) mass is 446 g/mol. The topological polar surface area (TPSA) is 92.2 Å². The fraction of sp³-hybridized carbons (Fsp3) is 0.833. The zero-order valence-electron chi connectivity index (χ0n) is 19.6. The van der Waals surface area contributed by atoms with Crippen LogP contribution in [0.5, 0.6) is 0 Å². The molecule has 0 atom stereocenters. The van der Waals surface area contributed by atoms with E-state index < -0.39 is 0 Å². The molecule has 0 radical (unpaired) electrons. The molecule has 32 heavy (non-hydrogen) atoms. The summed E-state index contributed by atoms with van der Waals surface area (Å²) < 4.78 is 7.57. The molecule has 1 aromatic heterocycles. The largest absolute Gasteiger partial charge is 0.381 e. The van der Waals surface area contributed by atoms with Gasteiger partial charge in [0, 0.05) is 57.6 Å². The molecule has 8 heteroatoms.